The lowest BCUT2D eigenvalue weighted by molar-refractivity contribution is 0.480. The SMILES string of the molecule is NC1(c2ccc(Br)cc2)C2CCCCC21. The standard InChI is InChI=1S/C13H16BrN/c14-10-7-5-9(6-8-10)13(15)11-3-1-2-4-12(11)13/h5-8,11-12H,1-4,15H2. The Kier molecular flexibility index (Phi) is 2.18. The van der Waals surface area contributed by atoms with Crippen LogP contribution in [0.5, 0.6) is 0 Å². The lowest BCUT2D eigenvalue weighted by atomic mass is 10.0. The smallest absolute Gasteiger partial charge is 0.0473 e. The number of hydrogen-bond donors (Lipinski definition) is 1. The molecule has 0 amide bonds. The largest absolute Gasteiger partial charge is 0.321 e. The molecule has 3 rings (SSSR count). The molecule has 2 unspecified atom stereocenters. The van der Waals surface area contributed by atoms with Crippen LogP contribution < -0.4 is 5.73 Å². The summed E-state index contributed by atoms with van der Waals surface area (Å²) in [6, 6.07) is 8.58. The number of hydrogen-bond acceptors (Lipinski definition) is 1. The third-order valence-electron chi connectivity index (χ3n) is 4.23. The fourth-order valence-electron chi connectivity index (χ4n) is 3.34. The molecule has 0 heterocycles. The van der Waals surface area contributed by atoms with Gasteiger partial charge in [0.1, 0.15) is 0 Å². The van der Waals surface area contributed by atoms with Gasteiger partial charge in [0.15, 0.2) is 0 Å². The van der Waals surface area contributed by atoms with Gasteiger partial charge in [0.25, 0.3) is 0 Å². The highest BCUT2D eigenvalue weighted by molar-refractivity contribution is 9.10. The van der Waals surface area contributed by atoms with E-state index in [9.17, 15) is 0 Å². The molecule has 0 saturated heterocycles. The average Bonchev–Trinajstić information content (AvgIpc) is 2.88. The van der Waals surface area contributed by atoms with Crippen molar-refractivity contribution in [2.75, 3.05) is 0 Å². The predicted octanol–water partition coefficient (Wildman–Crippen LogP) is 3.42. The Morgan fingerprint density at radius 1 is 1.07 bits per heavy atom. The Balaban J connectivity index is 1.91. The van der Waals surface area contributed by atoms with E-state index in [-0.39, 0.29) is 5.54 Å². The minimum Gasteiger partial charge on any atom is -0.321 e. The summed E-state index contributed by atoms with van der Waals surface area (Å²) >= 11 is 3.47. The molecular weight excluding hydrogens is 250 g/mol. The summed E-state index contributed by atoms with van der Waals surface area (Å²) in [4.78, 5) is 0. The second kappa shape index (κ2) is 3.33. The molecule has 0 bridgehead atoms. The number of halogens is 1. The Morgan fingerprint density at radius 2 is 1.60 bits per heavy atom. The zero-order valence-corrected chi connectivity index (χ0v) is 10.3. The summed E-state index contributed by atoms with van der Waals surface area (Å²) in [5.41, 5.74) is 7.90. The first kappa shape index (κ1) is 9.86. The minimum absolute atomic E-state index is 0.0111. The fraction of sp³-hybridized carbons (Fsp3) is 0.538. The van der Waals surface area contributed by atoms with Gasteiger partial charge in [-0.15, -0.1) is 0 Å². The van der Waals surface area contributed by atoms with Crippen LogP contribution in [0.3, 0.4) is 0 Å². The van der Waals surface area contributed by atoms with Gasteiger partial charge in [-0.05, 0) is 42.4 Å². The lowest BCUT2D eigenvalue weighted by Crippen LogP contribution is -2.23. The molecule has 2 fully saturated rings. The van der Waals surface area contributed by atoms with Gasteiger partial charge in [0.05, 0.1) is 0 Å². The van der Waals surface area contributed by atoms with Crippen LogP contribution in [0.1, 0.15) is 31.2 Å². The quantitative estimate of drug-likeness (QED) is 0.828. The molecule has 2 atom stereocenters. The number of fused-ring (bicyclic) bond motifs is 1. The van der Waals surface area contributed by atoms with Crippen molar-refractivity contribution in [1.82, 2.24) is 0 Å². The Hall–Kier alpha value is -0.340. The molecule has 2 saturated carbocycles. The molecule has 80 valence electrons. The van der Waals surface area contributed by atoms with E-state index in [1.54, 1.807) is 0 Å². The van der Waals surface area contributed by atoms with Crippen LogP contribution in [0.15, 0.2) is 28.7 Å². The molecule has 0 aliphatic heterocycles. The molecular formula is C13H16BrN. The molecule has 1 aromatic rings. The Bertz CT molecular complexity index is 359. The second-order valence-corrected chi connectivity index (χ2v) is 5.85. The van der Waals surface area contributed by atoms with Crippen molar-refractivity contribution >= 4 is 15.9 Å². The van der Waals surface area contributed by atoms with Crippen molar-refractivity contribution in [1.29, 1.82) is 0 Å². The maximum Gasteiger partial charge on any atom is 0.0473 e. The zero-order valence-electron chi connectivity index (χ0n) is 8.75. The summed E-state index contributed by atoms with van der Waals surface area (Å²) < 4.78 is 1.14. The molecule has 1 nitrogen and oxygen atoms in total. The predicted molar refractivity (Wildman–Crippen MR) is 65.5 cm³/mol. The van der Waals surface area contributed by atoms with Crippen LogP contribution in [0.2, 0.25) is 0 Å². The van der Waals surface area contributed by atoms with Crippen molar-refractivity contribution < 1.29 is 0 Å². The molecule has 1 aromatic carbocycles. The first-order chi connectivity index (χ1) is 7.23. The minimum atomic E-state index is 0.0111. The molecule has 0 radical (unpaired) electrons. The highest BCUT2D eigenvalue weighted by Gasteiger charge is 2.62. The van der Waals surface area contributed by atoms with E-state index in [1.807, 2.05) is 0 Å². The van der Waals surface area contributed by atoms with Gasteiger partial charge in [0, 0.05) is 10.0 Å². The van der Waals surface area contributed by atoms with Gasteiger partial charge in [-0.3, -0.25) is 0 Å². The third-order valence-corrected chi connectivity index (χ3v) is 4.76. The van der Waals surface area contributed by atoms with Crippen LogP contribution in [-0.4, -0.2) is 0 Å². The first-order valence-corrected chi connectivity index (χ1v) is 6.57. The van der Waals surface area contributed by atoms with Gasteiger partial charge in [-0.25, -0.2) is 0 Å². The van der Waals surface area contributed by atoms with Crippen LogP contribution in [0.4, 0.5) is 0 Å². The van der Waals surface area contributed by atoms with Crippen molar-refractivity contribution in [2.45, 2.75) is 31.2 Å². The molecule has 2 heteroatoms. The topological polar surface area (TPSA) is 26.0 Å². The molecule has 0 spiro atoms. The van der Waals surface area contributed by atoms with Crippen molar-refractivity contribution in [2.24, 2.45) is 17.6 Å². The van der Waals surface area contributed by atoms with E-state index in [1.165, 1.54) is 31.2 Å². The number of nitrogens with two attached hydrogens (primary N) is 1. The van der Waals surface area contributed by atoms with Gasteiger partial charge in [-0.2, -0.15) is 0 Å². The maximum absolute atomic E-state index is 6.55. The van der Waals surface area contributed by atoms with E-state index < -0.39 is 0 Å². The van der Waals surface area contributed by atoms with E-state index in [0.29, 0.717) is 0 Å². The Morgan fingerprint density at radius 3 is 2.13 bits per heavy atom. The first-order valence-electron chi connectivity index (χ1n) is 5.78. The summed E-state index contributed by atoms with van der Waals surface area (Å²) in [5.74, 6) is 1.51. The second-order valence-electron chi connectivity index (χ2n) is 4.94. The van der Waals surface area contributed by atoms with E-state index in [4.69, 9.17) is 5.73 Å². The molecule has 15 heavy (non-hydrogen) atoms. The van der Waals surface area contributed by atoms with Crippen molar-refractivity contribution in [3.05, 3.63) is 34.3 Å². The summed E-state index contributed by atoms with van der Waals surface area (Å²) in [6.45, 7) is 0. The maximum atomic E-state index is 6.55. The van der Waals surface area contributed by atoms with E-state index in [0.717, 1.165) is 16.3 Å². The summed E-state index contributed by atoms with van der Waals surface area (Å²) in [7, 11) is 0. The normalized spacial score (nSPS) is 38.5. The highest BCUT2D eigenvalue weighted by Crippen LogP contribution is 2.62. The van der Waals surface area contributed by atoms with Crippen LogP contribution in [-0.2, 0) is 5.54 Å². The van der Waals surface area contributed by atoms with Gasteiger partial charge in [-0.1, -0.05) is 40.9 Å². The fourth-order valence-corrected chi connectivity index (χ4v) is 3.60. The van der Waals surface area contributed by atoms with Crippen LogP contribution in [0, 0.1) is 11.8 Å². The van der Waals surface area contributed by atoms with Gasteiger partial charge in [0.2, 0.25) is 0 Å². The Labute approximate surface area is 99.2 Å². The molecule has 2 N–H and O–H groups in total. The lowest BCUT2D eigenvalue weighted by Gasteiger charge is -2.12. The zero-order chi connectivity index (χ0) is 10.5. The summed E-state index contributed by atoms with van der Waals surface area (Å²) in [6.07, 6.45) is 5.40. The number of rotatable bonds is 1. The van der Waals surface area contributed by atoms with Crippen molar-refractivity contribution in [3.8, 4) is 0 Å². The molecule has 0 aromatic heterocycles. The number of benzene rings is 1. The average molecular weight is 266 g/mol. The molecule has 2 aliphatic rings. The van der Waals surface area contributed by atoms with Crippen LogP contribution >= 0.6 is 15.9 Å². The highest BCUT2D eigenvalue weighted by atomic mass is 79.9. The molecule has 2 aliphatic carbocycles. The third kappa shape index (κ3) is 1.38. The monoisotopic (exact) mass is 265 g/mol. The van der Waals surface area contributed by atoms with E-state index in [2.05, 4.69) is 40.2 Å². The van der Waals surface area contributed by atoms with Gasteiger partial charge >= 0.3 is 0 Å². The summed E-state index contributed by atoms with van der Waals surface area (Å²) in [5, 5.41) is 0. The van der Waals surface area contributed by atoms with Gasteiger partial charge < -0.3 is 5.73 Å². The van der Waals surface area contributed by atoms with Crippen molar-refractivity contribution in [3.63, 3.8) is 0 Å². The van der Waals surface area contributed by atoms with E-state index >= 15 is 0 Å². The van der Waals surface area contributed by atoms with Crippen LogP contribution in [0.25, 0.3) is 0 Å².